The number of carbonyl (C=O) groups is 1. The van der Waals surface area contributed by atoms with Crippen LogP contribution in [0.1, 0.15) is 26.3 Å². The molecule has 0 radical (unpaired) electrons. The molecule has 5 N–H and O–H groups in total. The number of methoxy groups -OCH3 is 1. The van der Waals surface area contributed by atoms with Crippen molar-refractivity contribution in [2.24, 2.45) is 0 Å². The lowest BCUT2D eigenvalue weighted by Crippen LogP contribution is -2.22. The molecule has 0 aliphatic rings. The highest BCUT2D eigenvalue weighted by Crippen LogP contribution is 2.39. The van der Waals surface area contributed by atoms with Crippen LogP contribution in [0, 0.1) is 0 Å². The standard InChI is InChI=1S/C28H31N5O5S/c1-28(2,3)17-14-22(26(37-4)23(15-17)33-39(5,35)36)32-27(34)31-21-10-11-24(20-9-7-6-8-19(20)21)38-18-12-13-30-25(29)16-18/h6-16,33H,1-5H3,(H2,29,30)(H2,31,32,34). The van der Waals surface area contributed by atoms with Gasteiger partial charge in [0.1, 0.15) is 17.3 Å². The molecule has 0 aliphatic carbocycles. The summed E-state index contributed by atoms with van der Waals surface area (Å²) in [6, 6.07) is 17.2. The number of rotatable bonds is 7. The molecule has 4 aromatic rings. The molecule has 10 nitrogen and oxygen atoms in total. The number of carbonyl (C=O) groups excluding carboxylic acids is 1. The number of fused-ring (bicyclic) bond motifs is 1. The maximum atomic E-state index is 13.2. The van der Waals surface area contributed by atoms with Crippen molar-refractivity contribution < 1.29 is 22.7 Å². The van der Waals surface area contributed by atoms with Crippen molar-refractivity contribution >= 4 is 49.7 Å². The Labute approximate surface area is 227 Å². The van der Waals surface area contributed by atoms with E-state index >= 15 is 0 Å². The van der Waals surface area contributed by atoms with E-state index in [9.17, 15) is 13.2 Å². The van der Waals surface area contributed by atoms with Gasteiger partial charge in [-0.25, -0.2) is 18.2 Å². The molecule has 0 spiro atoms. The summed E-state index contributed by atoms with van der Waals surface area (Å²) in [5, 5.41) is 7.22. The molecule has 1 heterocycles. The first-order valence-electron chi connectivity index (χ1n) is 12.0. The summed E-state index contributed by atoms with van der Waals surface area (Å²) in [4.78, 5) is 17.2. The Bertz CT molecular complexity index is 1650. The molecule has 0 bridgehead atoms. The van der Waals surface area contributed by atoms with E-state index in [0.29, 0.717) is 28.7 Å². The smallest absolute Gasteiger partial charge is 0.323 e. The van der Waals surface area contributed by atoms with E-state index < -0.39 is 16.1 Å². The molecule has 0 saturated heterocycles. The number of nitrogens with two attached hydrogens (primary N) is 1. The summed E-state index contributed by atoms with van der Waals surface area (Å²) < 4.78 is 38.0. The number of sulfonamides is 1. The van der Waals surface area contributed by atoms with Crippen molar-refractivity contribution in [3.05, 3.63) is 72.4 Å². The van der Waals surface area contributed by atoms with Gasteiger partial charge < -0.3 is 25.8 Å². The number of hydrogen-bond donors (Lipinski definition) is 4. The van der Waals surface area contributed by atoms with Crippen molar-refractivity contribution in [2.45, 2.75) is 26.2 Å². The van der Waals surface area contributed by atoms with Gasteiger partial charge in [-0.2, -0.15) is 0 Å². The number of anilines is 4. The topological polar surface area (TPSA) is 145 Å². The van der Waals surface area contributed by atoms with Gasteiger partial charge in [0.05, 0.1) is 30.4 Å². The highest BCUT2D eigenvalue weighted by atomic mass is 32.2. The van der Waals surface area contributed by atoms with Gasteiger partial charge in [0, 0.05) is 23.0 Å². The Morgan fingerprint density at radius 3 is 2.23 bits per heavy atom. The molecular formula is C28H31N5O5S. The quantitative estimate of drug-likeness (QED) is 0.223. The van der Waals surface area contributed by atoms with E-state index in [1.807, 2.05) is 45.0 Å². The molecular weight excluding hydrogens is 518 g/mol. The zero-order chi connectivity index (χ0) is 28.4. The second kappa shape index (κ2) is 10.7. The summed E-state index contributed by atoms with van der Waals surface area (Å²) in [6.45, 7) is 5.96. The number of benzene rings is 3. The van der Waals surface area contributed by atoms with Crippen LogP contribution in [0.15, 0.2) is 66.9 Å². The second-order valence-electron chi connectivity index (χ2n) is 9.98. The van der Waals surface area contributed by atoms with Crippen molar-refractivity contribution in [3.8, 4) is 17.2 Å². The van der Waals surface area contributed by atoms with Gasteiger partial charge in [0.2, 0.25) is 10.0 Å². The Balaban J connectivity index is 1.66. The fourth-order valence-electron chi connectivity index (χ4n) is 4.01. The third-order valence-corrected chi connectivity index (χ3v) is 6.41. The predicted molar refractivity (Wildman–Crippen MR) is 155 cm³/mol. The molecule has 3 aromatic carbocycles. The van der Waals surface area contributed by atoms with Gasteiger partial charge in [-0.1, -0.05) is 45.0 Å². The van der Waals surface area contributed by atoms with Gasteiger partial charge in [0.15, 0.2) is 5.75 Å². The van der Waals surface area contributed by atoms with Crippen LogP contribution < -0.4 is 30.6 Å². The van der Waals surface area contributed by atoms with Gasteiger partial charge in [0.25, 0.3) is 0 Å². The van der Waals surface area contributed by atoms with Crippen molar-refractivity contribution in [2.75, 3.05) is 34.5 Å². The molecule has 39 heavy (non-hydrogen) atoms. The number of nitrogens with one attached hydrogen (secondary N) is 3. The van der Waals surface area contributed by atoms with Gasteiger partial charge in [-0.05, 0) is 41.3 Å². The van der Waals surface area contributed by atoms with Crippen LogP contribution in [0.4, 0.5) is 27.7 Å². The lowest BCUT2D eigenvalue weighted by molar-refractivity contribution is 0.262. The molecule has 0 aliphatic heterocycles. The van der Waals surface area contributed by atoms with Gasteiger partial charge in [-0.3, -0.25) is 4.72 Å². The third-order valence-electron chi connectivity index (χ3n) is 5.82. The van der Waals surface area contributed by atoms with Crippen LogP contribution in [-0.4, -0.2) is 32.8 Å². The van der Waals surface area contributed by atoms with Crippen LogP contribution in [0.5, 0.6) is 17.2 Å². The lowest BCUT2D eigenvalue weighted by Gasteiger charge is -2.24. The second-order valence-corrected chi connectivity index (χ2v) is 11.7. The van der Waals surface area contributed by atoms with Crippen LogP contribution >= 0.6 is 0 Å². The number of ether oxygens (including phenoxy) is 2. The SMILES string of the molecule is COc1c(NC(=O)Nc2ccc(Oc3ccnc(N)c3)c3ccccc23)cc(C(C)(C)C)cc1NS(C)(=O)=O. The first kappa shape index (κ1) is 27.5. The average Bonchev–Trinajstić information content (AvgIpc) is 2.84. The van der Waals surface area contributed by atoms with Gasteiger partial charge in [-0.15, -0.1) is 0 Å². The fraction of sp³-hybridized carbons (Fsp3) is 0.214. The van der Waals surface area contributed by atoms with Crippen LogP contribution in [0.25, 0.3) is 10.8 Å². The highest BCUT2D eigenvalue weighted by molar-refractivity contribution is 7.92. The first-order valence-corrected chi connectivity index (χ1v) is 13.9. The molecule has 11 heteroatoms. The maximum Gasteiger partial charge on any atom is 0.323 e. The van der Waals surface area contributed by atoms with E-state index in [1.54, 1.807) is 42.6 Å². The number of nitrogen functional groups attached to an aromatic ring is 1. The normalized spacial score (nSPS) is 11.6. The van der Waals surface area contributed by atoms with Crippen molar-refractivity contribution in [3.63, 3.8) is 0 Å². The summed E-state index contributed by atoms with van der Waals surface area (Å²) in [6.07, 6.45) is 2.62. The van der Waals surface area contributed by atoms with E-state index in [1.165, 1.54) is 7.11 Å². The number of urea groups is 1. The van der Waals surface area contributed by atoms with Crippen LogP contribution in [-0.2, 0) is 15.4 Å². The third kappa shape index (κ3) is 6.68. The Kier molecular flexibility index (Phi) is 7.55. The summed E-state index contributed by atoms with van der Waals surface area (Å²) >= 11 is 0. The minimum Gasteiger partial charge on any atom is -0.492 e. The highest BCUT2D eigenvalue weighted by Gasteiger charge is 2.22. The van der Waals surface area contributed by atoms with E-state index in [2.05, 4.69) is 20.3 Å². The number of aromatic nitrogens is 1. The predicted octanol–water partition coefficient (Wildman–Crippen LogP) is 5.93. The van der Waals surface area contributed by atoms with E-state index in [4.69, 9.17) is 15.2 Å². The maximum absolute atomic E-state index is 13.2. The zero-order valence-electron chi connectivity index (χ0n) is 22.3. The molecule has 204 valence electrons. The Hall–Kier alpha value is -4.51. The number of pyridine rings is 1. The Morgan fingerprint density at radius 1 is 0.923 bits per heavy atom. The van der Waals surface area contributed by atoms with E-state index in [-0.39, 0.29) is 16.9 Å². The molecule has 1 aromatic heterocycles. The van der Waals surface area contributed by atoms with Crippen LogP contribution in [0.2, 0.25) is 0 Å². The van der Waals surface area contributed by atoms with Crippen molar-refractivity contribution in [1.29, 1.82) is 0 Å². The molecule has 0 unspecified atom stereocenters. The minimum absolute atomic E-state index is 0.189. The number of nitrogens with zero attached hydrogens (tertiary/aromatic N) is 1. The average molecular weight is 550 g/mol. The molecule has 0 atom stereocenters. The summed E-state index contributed by atoms with van der Waals surface area (Å²) in [5.74, 6) is 1.65. The molecule has 0 saturated carbocycles. The zero-order valence-corrected chi connectivity index (χ0v) is 23.1. The lowest BCUT2D eigenvalue weighted by atomic mass is 9.86. The molecule has 2 amide bonds. The largest absolute Gasteiger partial charge is 0.492 e. The van der Waals surface area contributed by atoms with E-state index in [0.717, 1.165) is 22.6 Å². The number of hydrogen-bond acceptors (Lipinski definition) is 7. The monoisotopic (exact) mass is 549 g/mol. The number of amides is 2. The first-order chi connectivity index (χ1) is 18.3. The summed E-state index contributed by atoms with van der Waals surface area (Å²) in [7, 11) is -2.19. The van der Waals surface area contributed by atoms with Crippen LogP contribution in [0.3, 0.4) is 0 Å². The Morgan fingerprint density at radius 2 is 1.59 bits per heavy atom. The molecule has 4 rings (SSSR count). The summed E-state index contributed by atoms with van der Waals surface area (Å²) in [5.41, 5.74) is 7.32. The fourth-order valence-corrected chi connectivity index (χ4v) is 4.56. The van der Waals surface area contributed by atoms with Gasteiger partial charge >= 0.3 is 6.03 Å². The molecule has 0 fully saturated rings. The van der Waals surface area contributed by atoms with Crippen molar-refractivity contribution in [1.82, 2.24) is 4.98 Å². The minimum atomic E-state index is -3.60.